The summed E-state index contributed by atoms with van der Waals surface area (Å²) < 4.78 is 2.28. The number of benzene rings is 5. The first-order valence-electron chi connectivity index (χ1n) is 16.8. The topological polar surface area (TPSA) is 43.6 Å². The van der Waals surface area contributed by atoms with E-state index in [9.17, 15) is 0 Å². The van der Waals surface area contributed by atoms with E-state index in [1.54, 1.807) is 6.08 Å². The Balaban J connectivity index is 1.39. The lowest BCUT2D eigenvalue weighted by Crippen LogP contribution is -2.17. The second-order valence-corrected chi connectivity index (χ2v) is 13.2. The molecule has 0 radical (unpaired) electrons. The van der Waals surface area contributed by atoms with Gasteiger partial charge in [0.2, 0.25) is 5.95 Å². The summed E-state index contributed by atoms with van der Waals surface area (Å²) in [6.45, 7) is 10.6. The van der Waals surface area contributed by atoms with E-state index < -0.39 is 0 Å². The summed E-state index contributed by atoms with van der Waals surface area (Å²) >= 11 is 0. The van der Waals surface area contributed by atoms with Crippen LogP contribution in [0.2, 0.25) is 0 Å². The molecule has 0 atom stereocenters. The van der Waals surface area contributed by atoms with Crippen LogP contribution in [0.3, 0.4) is 0 Å². The zero-order valence-electron chi connectivity index (χ0n) is 27.8. The smallest absolute Gasteiger partial charge is 0.235 e. The Labute approximate surface area is 285 Å². The summed E-state index contributed by atoms with van der Waals surface area (Å²) in [5.41, 5.74) is 12.2. The third-order valence-corrected chi connectivity index (χ3v) is 10.2. The highest BCUT2D eigenvalue weighted by Crippen LogP contribution is 2.56. The molecule has 0 aliphatic heterocycles. The fraction of sp³-hybridized carbons (Fsp3) is 0.0889. The molecule has 0 saturated carbocycles. The van der Waals surface area contributed by atoms with Gasteiger partial charge in [0, 0.05) is 33.3 Å². The van der Waals surface area contributed by atoms with Crippen molar-refractivity contribution < 1.29 is 0 Å². The second-order valence-electron chi connectivity index (χ2n) is 13.2. The molecule has 5 aromatic carbocycles. The summed E-state index contributed by atoms with van der Waals surface area (Å²) in [5, 5.41) is 5.86. The first-order valence-corrected chi connectivity index (χ1v) is 16.8. The molecule has 0 unspecified atom stereocenters. The molecule has 4 nitrogen and oxygen atoms in total. The average Bonchev–Trinajstić information content (AvgIpc) is 3.61. The number of nitrogens with zero attached hydrogens (tertiary/aromatic N) is 4. The van der Waals surface area contributed by atoms with Gasteiger partial charge in [-0.3, -0.25) is 9.55 Å². The standard InChI is InChI=1S/C45H34N4/c1-5-7-14-28(6-2)29-21-23-30(24-22-29)42-34-18-11-13-20-37(34)47-44(48-42)49-38-27-46-26-25-35(38)40-32-16-9-8-15-31(32)39-33-17-10-12-19-36(33)45(3,4)41(39)43(40)49/h5-27H,1H2,2-4H3/b14-7-,28-6+. The molecule has 1 aliphatic rings. The second kappa shape index (κ2) is 11.0. The molecule has 0 bridgehead atoms. The largest absolute Gasteiger partial charge is 0.276 e. The van der Waals surface area contributed by atoms with Gasteiger partial charge in [0.25, 0.3) is 0 Å². The van der Waals surface area contributed by atoms with Crippen LogP contribution in [0, 0.1) is 0 Å². The van der Waals surface area contributed by atoms with E-state index in [1.807, 2.05) is 18.5 Å². The van der Waals surface area contributed by atoms with Crippen LogP contribution < -0.4 is 0 Å². The van der Waals surface area contributed by atoms with Crippen molar-refractivity contribution in [2.24, 2.45) is 0 Å². The van der Waals surface area contributed by atoms with Gasteiger partial charge >= 0.3 is 0 Å². The van der Waals surface area contributed by atoms with E-state index in [2.05, 4.69) is 152 Å². The molecule has 1 aliphatic carbocycles. The number of hydrogen-bond donors (Lipinski definition) is 0. The van der Waals surface area contributed by atoms with Crippen LogP contribution in [0.1, 0.15) is 37.5 Å². The average molecular weight is 631 g/mol. The van der Waals surface area contributed by atoms with Crippen molar-refractivity contribution >= 4 is 49.1 Å². The molecule has 8 aromatic rings. The van der Waals surface area contributed by atoms with E-state index in [1.165, 1.54) is 38.4 Å². The van der Waals surface area contributed by atoms with Gasteiger partial charge in [0.05, 0.1) is 28.4 Å². The number of aromatic nitrogens is 4. The van der Waals surface area contributed by atoms with Crippen LogP contribution in [0.25, 0.3) is 77.4 Å². The molecule has 0 N–H and O–H groups in total. The minimum Gasteiger partial charge on any atom is -0.276 e. The molecule has 3 aromatic heterocycles. The first-order chi connectivity index (χ1) is 24.0. The van der Waals surface area contributed by atoms with E-state index >= 15 is 0 Å². The Hall–Kier alpha value is -6.13. The predicted molar refractivity (Wildman–Crippen MR) is 205 cm³/mol. The van der Waals surface area contributed by atoms with Crippen LogP contribution in [0.4, 0.5) is 0 Å². The highest BCUT2D eigenvalue weighted by molar-refractivity contribution is 6.26. The molecule has 49 heavy (non-hydrogen) atoms. The van der Waals surface area contributed by atoms with Crippen molar-refractivity contribution in [3.63, 3.8) is 0 Å². The van der Waals surface area contributed by atoms with Crippen molar-refractivity contribution in [2.75, 3.05) is 0 Å². The molecule has 3 heterocycles. The van der Waals surface area contributed by atoms with Crippen LogP contribution in [0.5, 0.6) is 0 Å². The maximum absolute atomic E-state index is 5.44. The number of pyridine rings is 1. The monoisotopic (exact) mass is 630 g/mol. The quantitative estimate of drug-likeness (QED) is 0.178. The lowest BCUT2D eigenvalue weighted by Gasteiger charge is -2.24. The molecule has 4 heteroatoms. The lowest BCUT2D eigenvalue weighted by molar-refractivity contribution is 0.664. The summed E-state index contributed by atoms with van der Waals surface area (Å²) in [4.78, 5) is 15.4. The van der Waals surface area contributed by atoms with Gasteiger partial charge in [0.15, 0.2) is 0 Å². The molecule has 9 rings (SSSR count). The Kier molecular flexibility index (Phi) is 6.50. The lowest BCUT2D eigenvalue weighted by atomic mass is 9.80. The predicted octanol–water partition coefficient (Wildman–Crippen LogP) is 11.4. The van der Waals surface area contributed by atoms with E-state index in [0.29, 0.717) is 5.95 Å². The highest BCUT2D eigenvalue weighted by Gasteiger charge is 2.40. The summed E-state index contributed by atoms with van der Waals surface area (Å²) in [6, 6.07) is 36.8. The van der Waals surface area contributed by atoms with Crippen molar-refractivity contribution in [2.45, 2.75) is 26.2 Å². The Morgan fingerprint density at radius 1 is 0.776 bits per heavy atom. The van der Waals surface area contributed by atoms with Crippen LogP contribution in [-0.2, 0) is 5.41 Å². The van der Waals surface area contributed by atoms with Crippen molar-refractivity contribution in [1.29, 1.82) is 0 Å². The maximum Gasteiger partial charge on any atom is 0.235 e. The van der Waals surface area contributed by atoms with Gasteiger partial charge in [0.1, 0.15) is 0 Å². The number of para-hydroxylation sites is 1. The zero-order valence-corrected chi connectivity index (χ0v) is 27.8. The van der Waals surface area contributed by atoms with E-state index in [4.69, 9.17) is 9.97 Å². The zero-order chi connectivity index (χ0) is 33.3. The molecular formula is C45H34N4. The molecule has 0 saturated heterocycles. The molecule has 0 fully saturated rings. The first kappa shape index (κ1) is 29.0. The number of allylic oxidation sites excluding steroid dienone is 5. The van der Waals surface area contributed by atoms with Crippen molar-refractivity contribution in [1.82, 2.24) is 19.5 Å². The van der Waals surface area contributed by atoms with E-state index in [0.717, 1.165) is 49.7 Å². The molecular weight excluding hydrogens is 597 g/mol. The number of fused-ring (bicyclic) bond motifs is 11. The minimum atomic E-state index is -0.256. The van der Waals surface area contributed by atoms with Crippen LogP contribution in [-0.4, -0.2) is 19.5 Å². The van der Waals surface area contributed by atoms with Gasteiger partial charge in [-0.1, -0.05) is 136 Å². The number of rotatable bonds is 5. The minimum absolute atomic E-state index is 0.256. The summed E-state index contributed by atoms with van der Waals surface area (Å²) in [6.07, 6.45) is 11.8. The normalized spacial score (nSPS) is 13.9. The fourth-order valence-corrected chi connectivity index (χ4v) is 8.03. The SMILES string of the molecule is C=C/C=C\C(=C/C)c1ccc(-c2nc(-n3c4cnccc4c4c5ccccc5c5c(c43)C(C)(C)c3ccccc3-5)nc3ccccc23)cc1. The Morgan fingerprint density at radius 3 is 2.31 bits per heavy atom. The third-order valence-electron chi connectivity index (χ3n) is 10.2. The summed E-state index contributed by atoms with van der Waals surface area (Å²) in [5.74, 6) is 0.637. The van der Waals surface area contributed by atoms with Crippen LogP contribution in [0.15, 0.2) is 146 Å². The molecule has 0 amide bonds. The third kappa shape index (κ3) is 4.20. The van der Waals surface area contributed by atoms with Gasteiger partial charge in [-0.25, -0.2) is 9.97 Å². The van der Waals surface area contributed by atoms with Crippen molar-refractivity contribution in [3.05, 3.63) is 163 Å². The molecule has 234 valence electrons. The van der Waals surface area contributed by atoms with Gasteiger partial charge in [-0.15, -0.1) is 0 Å². The number of hydrogen-bond acceptors (Lipinski definition) is 3. The highest BCUT2D eigenvalue weighted by atomic mass is 15.2. The maximum atomic E-state index is 5.44. The van der Waals surface area contributed by atoms with Crippen molar-refractivity contribution in [3.8, 4) is 28.3 Å². The van der Waals surface area contributed by atoms with Gasteiger partial charge in [-0.2, -0.15) is 0 Å². The van der Waals surface area contributed by atoms with Gasteiger partial charge < -0.3 is 0 Å². The fourth-order valence-electron chi connectivity index (χ4n) is 8.03. The van der Waals surface area contributed by atoms with Gasteiger partial charge in [-0.05, 0) is 63.2 Å². The van der Waals surface area contributed by atoms with E-state index in [-0.39, 0.29) is 5.41 Å². The Morgan fingerprint density at radius 2 is 1.51 bits per heavy atom. The molecule has 0 spiro atoms. The van der Waals surface area contributed by atoms with Crippen LogP contribution >= 0.6 is 0 Å². The Bertz CT molecular complexity index is 2710. The summed E-state index contributed by atoms with van der Waals surface area (Å²) in [7, 11) is 0.